The number of carbonyl (C=O) groups excluding carboxylic acids is 1. The molecule has 1 amide bonds. The van der Waals surface area contributed by atoms with Gasteiger partial charge in [-0.2, -0.15) is 0 Å². The summed E-state index contributed by atoms with van der Waals surface area (Å²) in [7, 11) is 0. The standard InChI is InChI=1S/C12H16N2O5/c13-12(15)10-4-3-8(18-19-16)6-11(10)14-7-9-2-1-5-17-9/h3-4,6,9,14,16H,1-2,5,7H2,(H2,13,15). The van der Waals surface area contributed by atoms with Crippen molar-refractivity contribution < 1.29 is 24.7 Å². The summed E-state index contributed by atoms with van der Waals surface area (Å²) in [5.41, 5.74) is 6.14. The zero-order valence-corrected chi connectivity index (χ0v) is 10.3. The molecule has 1 aromatic carbocycles. The number of anilines is 1. The van der Waals surface area contributed by atoms with Crippen LogP contribution in [0.4, 0.5) is 5.69 Å². The van der Waals surface area contributed by atoms with E-state index in [-0.39, 0.29) is 11.9 Å². The molecule has 19 heavy (non-hydrogen) atoms. The van der Waals surface area contributed by atoms with Crippen LogP contribution in [0.3, 0.4) is 0 Å². The zero-order valence-electron chi connectivity index (χ0n) is 10.3. The summed E-state index contributed by atoms with van der Waals surface area (Å²) in [4.78, 5) is 15.8. The van der Waals surface area contributed by atoms with E-state index in [2.05, 4.69) is 15.2 Å². The monoisotopic (exact) mass is 268 g/mol. The van der Waals surface area contributed by atoms with E-state index in [1.165, 1.54) is 18.2 Å². The molecule has 0 radical (unpaired) electrons. The Labute approximate surface area is 110 Å². The highest BCUT2D eigenvalue weighted by molar-refractivity contribution is 5.98. The number of benzene rings is 1. The molecule has 1 fully saturated rings. The number of nitrogens with two attached hydrogens (primary N) is 1. The maximum Gasteiger partial charge on any atom is 0.250 e. The molecule has 1 saturated heterocycles. The number of rotatable bonds is 6. The fourth-order valence-corrected chi connectivity index (χ4v) is 2.01. The molecule has 0 aliphatic carbocycles. The summed E-state index contributed by atoms with van der Waals surface area (Å²) in [6, 6.07) is 4.48. The first-order chi connectivity index (χ1) is 9.20. The van der Waals surface area contributed by atoms with Crippen molar-refractivity contribution in [2.24, 2.45) is 5.73 Å². The Hall–Kier alpha value is -1.83. The molecular weight excluding hydrogens is 252 g/mol. The molecule has 1 aliphatic heterocycles. The van der Waals surface area contributed by atoms with Gasteiger partial charge in [0.1, 0.15) is 0 Å². The lowest BCUT2D eigenvalue weighted by Crippen LogP contribution is -2.21. The summed E-state index contributed by atoms with van der Waals surface area (Å²) in [6.45, 7) is 1.33. The van der Waals surface area contributed by atoms with Crippen molar-refractivity contribution >= 4 is 11.6 Å². The van der Waals surface area contributed by atoms with E-state index in [0.717, 1.165) is 19.4 Å². The van der Waals surface area contributed by atoms with E-state index in [1.807, 2.05) is 0 Å². The topological polar surface area (TPSA) is 103 Å². The lowest BCUT2D eigenvalue weighted by atomic mass is 10.1. The van der Waals surface area contributed by atoms with E-state index in [9.17, 15) is 4.79 Å². The van der Waals surface area contributed by atoms with Crippen LogP contribution in [-0.4, -0.2) is 30.4 Å². The molecule has 1 atom stereocenters. The van der Waals surface area contributed by atoms with Gasteiger partial charge in [-0.15, -0.1) is 0 Å². The molecule has 4 N–H and O–H groups in total. The minimum atomic E-state index is -0.550. The Morgan fingerprint density at radius 3 is 3.05 bits per heavy atom. The summed E-state index contributed by atoms with van der Waals surface area (Å²) in [6.07, 6.45) is 2.14. The van der Waals surface area contributed by atoms with Crippen LogP contribution in [0.2, 0.25) is 0 Å². The maximum absolute atomic E-state index is 11.3. The lowest BCUT2D eigenvalue weighted by molar-refractivity contribution is -0.438. The predicted octanol–water partition coefficient (Wildman–Crippen LogP) is 1.16. The Balaban J connectivity index is 2.09. The van der Waals surface area contributed by atoms with Crippen LogP contribution in [-0.2, 0) is 9.78 Å². The third-order valence-electron chi connectivity index (χ3n) is 2.93. The zero-order chi connectivity index (χ0) is 13.7. The summed E-state index contributed by atoms with van der Waals surface area (Å²) < 4.78 is 5.48. The van der Waals surface area contributed by atoms with E-state index in [4.69, 9.17) is 15.7 Å². The first-order valence-electron chi connectivity index (χ1n) is 5.98. The van der Waals surface area contributed by atoms with Crippen LogP contribution in [0.1, 0.15) is 23.2 Å². The number of carbonyl (C=O) groups is 1. The van der Waals surface area contributed by atoms with E-state index >= 15 is 0 Å². The molecule has 1 aliphatic rings. The van der Waals surface area contributed by atoms with Gasteiger partial charge in [0.05, 0.1) is 17.4 Å². The highest BCUT2D eigenvalue weighted by atomic mass is 17.5. The molecule has 1 heterocycles. The van der Waals surface area contributed by atoms with Gasteiger partial charge < -0.3 is 20.7 Å². The Kier molecular flexibility index (Phi) is 4.56. The normalized spacial score (nSPS) is 18.3. The molecule has 0 bridgehead atoms. The smallest absolute Gasteiger partial charge is 0.250 e. The van der Waals surface area contributed by atoms with Crippen molar-refractivity contribution in [1.29, 1.82) is 0 Å². The van der Waals surface area contributed by atoms with Crippen LogP contribution < -0.4 is 15.9 Å². The average molecular weight is 268 g/mol. The molecule has 7 nitrogen and oxygen atoms in total. The van der Waals surface area contributed by atoms with Gasteiger partial charge in [0, 0.05) is 19.2 Å². The van der Waals surface area contributed by atoms with Gasteiger partial charge in [-0.25, -0.2) is 5.26 Å². The van der Waals surface area contributed by atoms with Gasteiger partial charge in [0.15, 0.2) is 5.75 Å². The van der Waals surface area contributed by atoms with Crippen LogP contribution >= 0.6 is 0 Å². The first kappa shape index (κ1) is 13.6. The third kappa shape index (κ3) is 3.57. The predicted molar refractivity (Wildman–Crippen MR) is 66.8 cm³/mol. The number of ether oxygens (including phenoxy) is 1. The molecule has 0 spiro atoms. The summed E-state index contributed by atoms with van der Waals surface area (Å²) in [5, 5.41) is 14.9. The Morgan fingerprint density at radius 2 is 2.42 bits per heavy atom. The van der Waals surface area contributed by atoms with Gasteiger partial charge in [0.2, 0.25) is 0 Å². The van der Waals surface area contributed by atoms with Crippen molar-refractivity contribution in [3.8, 4) is 5.75 Å². The minimum Gasteiger partial charge on any atom is -0.382 e. The third-order valence-corrected chi connectivity index (χ3v) is 2.93. The van der Waals surface area contributed by atoms with Gasteiger partial charge in [-0.3, -0.25) is 4.79 Å². The Bertz CT molecular complexity index is 446. The van der Waals surface area contributed by atoms with Gasteiger partial charge in [0.25, 0.3) is 5.91 Å². The average Bonchev–Trinajstić information content (AvgIpc) is 2.89. The molecule has 0 saturated carbocycles. The van der Waals surface area contributed by atoms with E-state index in [1.54, 1.807) is 0 Å². The molecule has 104 valence electrons. The highest BCUT2D eigenvalue weighted by Crippen LogP contribution is 2.23. The van der Waals surface area contributed by atoms with Crippen molar-refractivity contribution in [2.75, 3.05) is 18.5 Å². The first-order valence-corrected chi connectivity index (χ1v) is 5.98. The van der Waals surface area contributed by atoms with Crippen LogP contribution in [0, 0.1) is 0 Å². The maximum atomic E-state index is 11.3. The largest absolute Gasteiger partial charge is 0.382 e. The number of amides is 1. The fraction of sp³-hybridized carbons (Fsp3) is 0.417. The Morgan fingerprint density at radius 1 is 1.58 bits per heavy atom. The lowest BCUT2D eigenvalue weighted by Gasteiger charge is -2.14. The minimum absolute atomic E-state index is 0.124. The molecule has 0 aromatic heterocycles. The second-order valence-electron chi connectivity index (χ2n) is 4.25. The molecule has 1 unspecified atom stereocenters. The van der Waals surface area contributed by atoms with Crippen molar-refractivity contribution in [3.63, 3.8) is 0 Å². The molecule has 7 heteroatoms. The number of hydrogen-bond donors (Lipinski definition) is 3. The molecule has 2 rings (SSSR count). The van der Waals surface area contributed by atoms with Crippen molar-refractivity contribution in [3.05, 3.63) is 23.8 Å². The van der Waals surface area contributed by atoms with Crippen molar-refractivity contribution in [1.82, 2.24) is 0 Å². The van der Waals surface area contributed by atoms with Gasteiger partial charge in [-0.05, 0) is 30.0 Å². The highest BCUT2D eigenvalue weighted by Gasteiger charge is 2.17. The van der Waals surface area contributed by atoms with Crippen molar-refractivity contribution in [2.45, 2.75) is 18.9 Å². The van der Waals surface area contributed by atoms with Crippen LogP contribution in [0.5, 0.6) is 5.75 Å². The number of hydrogen-bond acceptors (Lipinski definition) is 6. The molecule has 1 aromatic rings. The van der Waals surface area contributed by atoms with Crippen LogP contribution in [0.25, 0.3) is 0 Å². The van der Waals surface area contributed by atoms with Gasteiger partial charge in [-0.1, -0.05) is 0 Å². The summed E-state index contributed by atoms with van der Waals surface area (Å²) in [5.74, 6) is -0.298. The SMILES string of the molecule is NC(=O)c1ccc(OOO)cc1NCC1CCCO1. The van der Waals surface area contributed by atoms with E-state index < -0.39 is 5.91 Å². The second-order valence-corrected chi connectivity index (χ2v) is 4.25. The quantitative estimate of drug-likeness (QED) is 0.528. The number of primary amides is 1. The van der Waals surface area contributed by atoms with Gasteiger partial charge >= 0.3 is 0 Å². The summed E-state index contributed by atoms with van der Waals surface area (Å²) >= 11 is 0. The number of nitrogens with one attached hydrogen (secondary N) is 1. The van der Waals surface area contributed by atoms with E-state index in [0.29, 0.717) is 17.8 Å². The second kappa shape index (κ2) is 6.37. The molecular formula is C12H16N2O5. The van der Waals surface area contributed by atoms with Crippen LogP contribution in [0.15, 0.2) is 18.2 Å². The fourth-order valence-electron chi connectivity index (χ4n) is 2.01.